The van der Waals surface area contributed by atoms with Gasteiger partial charge in [0.05, 0.1) is 5.92 Å². The van der Waals surface area contributed by atoms with Gasteiger partial charge in [-0.05, 0) is 20.3 Å². The van der Waals surface area contributed by atoms with Crippen molar-refractivity contribution in [3.63, 3.8) is 0 Å². The summed E-state index contributed by atoms with van der Waals surface area (Å²) >= 11 is 0. The number of carboxylic acids is 1. The first-order valence-electron chi connectivity index (χ1n) is 8.51. The van der Waals surface area contributed by atoms with Crippen molar-refractivity contribution in [1.29, 1.82) is 0 Å². The third kappa shape index (κ3) is 11.3. The van der Waals surface area contributed by atoms with Crippen LogP contribution in [0.4, 0.5) is 0 Å². The number of hydrogen-bond acceptors (Lipinski definition) is 2. The second-order valence-electron chi connectivity index (χ2n) is 6.06. The van der Waals surface area contributed by atoms with Crippen LogP contribution < -0.4 is 5.32 Å². The maximum absolute atomic E-state index is 11.7. The summed E-state index contributed by atoms with van der Waals surface area (Å²) in [7, 11) is 0. The summed E-state index contributed by atoms with van der Waals surface area (Å²) in [6.07, 6.45) is 11.6. The van der Waals surface area contributed by atoms with E-state index in [1.807, 2.05) is 0 Å². The number of unbranched alkanes of at least 4 members (excludes halogenated alkanes) is 8. The molecule has 0 saturated heterocycles. The fraction of sp³-hybridized carbons (Fsp3) is 0.882. The van der Waals surface area contributed by atoms with Crippen LogP contribution in [0.15, 0.2) is 0 Å². The van der Waals surface area contributed by atoms with Crippen LogP contribution in [0.2, 0.25) is 0 Å². The maximum atomic E-state index is 11.7. The summed E-state index contributed by atoms with van der Waals surface area (Å²) in [4.78, 5) is 22.5. The van der Waals surface area contributed by atoms with Gasteiger partial charge < -0.3 is 10.4 Å². The summed E-state index contributed by atoms with van der Waals surface area (Å²) < 4.78 is 0. The zero-order chi connectivity index (χ0) is 16.1. The fourth-order valence-corrected chi connectivity index (χ4v) is 2.26. The van der Waals surface area contributed by atoms with Crippen LogP contribution >= 0.6 is 0 Å². The van der Waals surface area contributed by atoms with Crippen LogP contribution in [-0.2, 0) is 9.59 Å². The van der Waals surface area contributed by atoms with Gasteiger partial charge in [-0.3, -0.25) is 9.59 Å². The first kappa shape index (κ1) is 19.9. The molecule has 2 atom stereocenters. The summed E-state index contributed by atoms with van der Waals surface area (Å²) in [6.45, 7) is 5.59. The van der Waals surface area contributed by atoms with Crippen molar-refractivity contribution < 1.29 is 14.7 Å². The molecule has 0 radical (unpaired) electrons. The molecule has 0 fully saturated rings. The van der Waals surface area contributed by atoms with Gasteiger partial charge >= 0.3 is 5.97 Å². The second-order valence-corrected chi connectivity index (χ2v) is 6.06. The van der Waals surface area contributed by atoms with Crippen LogP contribution in [0, 0.1) is 5.92 Å². The Kier molecular flexibility index (Phi) is 12.0. The van der Waals surface area contributed by atoms with Gasteiger partial charge in [0.1, 0.15) is 0 Å². The Morgan fingerprint density at radius 1 is 0.905 bits per heavy atom. The fourth-order valence-electron chi connectivity index (χ4n) is 2.26. The van der Waals surface area contributed by atoms with E-state index in [1.165, 1.54) is 44.9 Å². The number of hydrogen-bond donors (Lipinski definition) is 2. The van der Waals surface area contributed by atoms with Crippen molar-refractivity contribution >= 4 is 11.9 Å². The van der Waals surface area contributed by atoms with Crippen LogP contribution in [0.25, 0.3) is 0 Å². The van der Waals surface area contributed by atoms with Crippen molar-refractivity contribution in [2.75, 3.05) is 0 Å². The van der Waals surface area contributed by atoms with Crippen LogP contribution in [0.1, 0.15) is 85.0 Å². The van der Waals surface area contributed by atoms with Gasteiger partial charge in [0.25, 0.3) is 0 Å². The average Bonchev–Trinajstić information content (AvgIpc) is 2.44. The average molecular weight is 299 g/mol. The van der Waals surface area contributed by atoms with Crippen LogP contribution in [0.5, 0.6) is 0 Å². The number of aliphatic carboxylic acids is 1. The van der Waals surface area contributed by atoms with Crippen molar-refractivity contribution in [2.45, 2.75) is 91.0 Å². The van der Waals surface area contributed by atoms with Gasteiger partial charge in [0, 0.05) is 12.5 Å². The topological polar surface area (TPSA) is 66.4 Å². The van der Waals surface area contributed by atoms with Gasteiger partial charge in [-0.15, -0.1) is 0 Å². The molecule has 2 unspecified atom stereocenters. The van der Waals surface area contributed by atoms with E-state index < -0.39 is 11.9 Å². The molecule has 0 bridgehead atoms. The SMILES string of the molecule is CCCCCCCCCCCC(=O)NC(C)C(C)C(=O)O. The lowest BCUT2D eigenvalue weighted by molar-refractivity contribution is -0.142. The molecule has 0 saturated carbocycles. The molecule has 0 aliphatic rings. The molecule has 0 aliphatic carbocycles. The molecule has 2 N–H and O–H groups in total. The lowest BCUT2D eigenvalue weighted by Crippen LogP contribution is -2.39. The minimum Gasteiger partial charge on any atom is -0.481 e. The van der Waals surface area contributed by atoms with E-state index in [0.717, 1.165) is 12.8 Å². The minimum atomic E-state index is -0.870. The summed E-state index contributed by atoms with van der Waals surface area (Å²) in [6, 6.07) is -0.312. The molecule has 124 valence electrons. The zero-order valence-corrected chi connectivity index (χ0v) is 14.0. The van der Waals surface area contributed by atoms with E-state index in [4.69, 9.17) is 5.11 Å². The largest absolute Gasteiger partial charge is 0.481 e. The Hall–Kier alpha value is -1.06. The van der Waals surface area contributed by atoms with Crippen LogP contribution in [-0.4, -0.2) is 23.0 Å². The predicted molar refractivity (Wildman–Crippen MR) is 86.2 cm³/mol. The van der Waals surface area contributed by atoms with E-state index in [9.17, 15) is 9.59 Å². The standard InChI is InChI=1S/C17H33NO3/c1-4-5-6-7-8-9-10-11-12-13-16(19)18-15(3)14(2)17(20)21/h14-15H,4-13H2,1-3H3,(H,18,19)(H,20,21). The highest BCUT2D eigenvalue weighted by molar-refractivity contribution is 5.77. The lowest BCUT2D eigenvalue weighted by Gasteiger charge is -2.17. The van der Waals surface area contributed by atoms with E-state index in [0.29, 0.717) is 6.42 Å². The van der Waals surface area contributed by atoms with Gasteiger partial charge in [-0.2, -0.15) is 0 Å². The Balaban J connectivity index is 3.48. The maximum Gasteiger partial charge on any atom is 0.308 e. The number of rotatable bonds is 13. The molecule has 1 amide bonds. The molecule has 0 heterocycles. The molecule has 0 aromatic heterocycles. The third-order valence-electron chi connectivity index (χ3n) is 4.04. The number of amides is 1. The molecule has 0 aromatic carbocycles. The smallest absolute Gasteiger partial charge is 0.308 e. The number of nitrogens with one attached hydrogen (secondary N) is 1. The summed E-state index contributed by atoms with van der Waals surface area (Å²) in [5.41, 5.74) is 0. The van der Waals surface area contributed by atoms with Crippen molar-refractivity contribution in [3.05, 3.63) is 0 Å². The monoisotopic (exact) mass is 299 g/mol. The highest BCUT2D eigenvalue weighted by atomic mass is 16.4. The highest BCUT2D eigenvalue weighted by Crippen LogP contribution is 2.10. The number of carbonyl (C=O) groups excluding carboxylic acids is 1. The Morgan fingerprint density at radius 3 is 1.86 bits per heavy atom. The molecule has 21 heavy (non-hydrogen) atoms. The Bertz CT molecular complexity index is 292. The molecule has 0 aliphatic heterocycles. The van der Waals surface area contributed by atoms with Crippen molar-refractivity contribution in [2.24, 2.45) is 5.92 Å². The van der Waals surface area contributed by atoms with E-state index in [1.54, 1.807) is 13.8 Å². The van der Waals surface area contributed by atoms with Crippen molar-refractivity contribution in [3.8, 4) is 0 Å². The normalized spacial score (nSPS) is 13.7. The van der Waals surface area contributed by atoms with Gasteiger partial charge in [-0.1, -0.05) is 58.3 Å². The molecule has 0 spiro atoms. The Labute approximate surface area is 129 Å². The summed E-state index contributed by atoms with van der Waals surface area (Å²) in [5, 5.41) is 11.6. The summed E-state index contributed by atoms with van der Waals surface area (Å²) in [5.74, 6) is -1.44. The van der Waals surface area contributed by atoms with Crippen LogP contribution in [0.3, 0.4) is 0 Å². The van der Waals surface area contributed by atoms with Gasteiger partial charge in [-0.25, -0.2) is 0 Å². The zero-order valence-electron chi connectivity index (χ0n) is 14.0. The van der Waals surface area contributed by atoms with E-state index in [-0.39, 0.29) is 11.9 Å². The molecular weight excluding hydrogens is 266 g/mol. The second kappa shape index (κ2) is 12.7. The molecule has 4 heteroatoms. The first-order chi connectivity index (χ1) is 9.99. The van der Waals surface area contributed by atoms with Gasteiger partial charge in [0.2, 0.25) is 5.91 Å². The first-order valence-corrected chi connectivity index (χ1v) is 8.51. The van der Waals surface area contributed by atoms with E-state index in [2.05, 4.69) is 12.2 Å². The van der Waals surface area contributed by atoms with Crippen molar-refractivity contribution in [1.82, 2.24) is 5.32 Å². The highest BCUT2D eigenvalue weighted by Gasteiger charge is 2.20. The lowest BCUT2D eigenvalue weighted by atomic mass is 10.0. The minimum absolute atomic E-state index is 0.0291. The quantitative estimate of drug-likeness (QED) is 0.502. The van der Waals surface area contributed by atoms with Gasteiger partial charge in [0.15, 0.2) is 0 Å². The predicted octanol–water partition coefficient (Wildman–Crippen LogP) is 4.13. The number of carbonyl (C=O) groups is 2. The third-order valence-corrected chi connectivity index (χ3v) is 4.04. The molecular formula is C17H33NO3. The molecule has 0 aromatic rings. The number of carboxylic acid groups (broad SMARTS) is 1. The van der Waals surface area contributed by atoms with E-state index >= 15 is 0 Å². The molecule has 4 nitrogen and oxygen atoms in total. The Morgan fingerprint density at radius 2 is 1.38 bits per heavy atom. The molecule has 0 rings (SSSR count).